The minimum Gasteiger partial charge on any atom is -0.341 e. The van der Waals surface area contributed by atoms with Crippen molar-refractivity contribution in [1.29, 1.82) is 0 Å². The van der Waals surface area contributed by atoms with E-state index in [1.54, 1.807) is 13.8 Å². The maximum Gasteiger partial charge on any atom is 0.246 e. The van der Waals surface area contributed by atoms with Crippen LogP contribution in [0.25, 0.3) is 0 Å². The SMILES string of the molecule is Cc1n[nH]c(C)c1S(=O)(=O)N1CCCC(C(=O)N2CCCC(N)C2)C1. The summed E-state index contributed by atoms with van der Waals surface area (Å²) >= 11 is 0. The highest BCUT2D eigenvalue weighted by Gasteiger charge is 2.37. The molecule has 2 fully saturated rings. The van der Waals surface area contributed by atoms with E-state index >= 15 is 0 Å². The predicted octanol–water partition coefficient (Wildman–Crippen LogP) is 0.377. The Hall–Kier alpha value is -1.45. The van der Waals surface area contributed by atoms with Gasteiger partial charge in [-0.3, -0.25) is 9.89 Å². The van der Waals surface area contributed by atoms with Gasteiger partial charge in [0.25, 0.3) is 0 Å². The molecule has 2 unspecified atom stereocenters. The smallest absolute Gasteiger partial charge is 0.246 e. The number of amides is 1. The van der Waals surface area contributed by atoms with Gasteiger partial charge in [-0.05, 0) is 39.5 Å². The third kappa shape index (κ3) is 3.58. The Morgan fingerprint density at radius 1 is 1.20 bits per heavy atom. The average molecular weight is 369 g/mol. The number of sulfonamides is 1. The lowest BCUT2D eigenvalue weighted by molar-refractivity contribution is -0.137. The van der Waals surface area contributed by atoms with Crippen LogP contribution < -0.4 is 5.73 Å². The Bertz CT molecular complexity index is 725. The van der Waals surface area contributed by atoms with E-state index in [0.29, 0.717) is 30.9 Å². The van der Waals surface area contributed by atoms with Gasteiger partial charge >= 0.3 is 0 Å². The van der Waals surface area contributed by atoms with Gasteiger partial charge in [-0.1, -0.05) is 0 Å². The van der Waals surface area contributed by atoms with Gasteiger partial charge in [0.1, 0.15) is 4.90 Å². The minimum atomic E-state index is -3.64. The lowest BCUT2D eigenvalue weighted by Gasteiger charge is -2.37. The van der Waals surface area contributed by atoms with Crippen molar-refractivity contribution in [3.63, 3.8) is 0 Å². The summed E-state index contributed by atoms with van der Waals surface area (Å²) < 4.78 is 27.5. The molecular weight excluding hydrogens is 342 g/mol. The van der Waals surface area contributed by atoms with E-state index in [4.69, 9.17) is 5.73 Å². The predicted molar refractivity (Wildman–Crippen MR) is 93.3 cm³/mol. The van der Waals surface area contributed by atoms with Crippen LogP contribution in [-0.2, 0) is 14.8 Å². The molecule has 8 nitrogen and oxygen atoms in total. The van der Waals surface area contributed by atoms with Gasteiger partial charge in [0.15, 0.2) is 0 Å². The largest absolute Gasteiger partial charge is 0.341 e. The molecule has 1 aromatic rings. The van der Waals surface area contributed by atoms with E-state index in [1.807, 2.05) is 4.90 Å². The van der Waals surface area contributed by atoms with Crippen LogP contribution in [0.4, 0.5) is 0 Å². The summed E-state index contributed by atoms with van der Waals surface area (Å²) in [5, 5.41) is 6.72. The van der Waals surface area contributed by atoms with Crippen LogP contribution in [0.15, 0.2) is 4.90 Å². The molecular formula is C16H27N5O3S. The Balaban J connectivity index is 1.76. The minimum absolute atomic E-state index is 0.0253. The molecule has 0 aromatic carbocycles. The van der Waals surface area contributed by atoms with E-state index < -0.39 is 10.0 Å². The fourth-order valence-corrected chi connectivity index (χ4v) is 5.74. The number of piperidine rings is 2. The highest BCUT2D eigenvalue weighted by molar-refractivity contribution is 7.89. The molecule has 0 bridgehead atoms. The van der Waals surface area contributed by atoms with Gasteiger partial charge in [0.05, 0.1) is 17.3 Å². The zero-order valence-electron chi connectivity index (χ0n) is 14.9. The first kappa shape index (κ1) is 18.3. The van der Waals surface area contributed by atoms with Crippen molar-refractivity contribution in [3.8, 4) is 0 Å². The van der Waals surface area contributed by atoms with Gasteiger partial charge in [0.2, 0.25) is 15.9 Å². The van der Waals surface area contributed by atoms with E-state index in [-0.39, 0.29) is 29.3 Å². The molecule has 0 radical (unpaired) electrons. The third-order valence-electron chi connectivity index (χ3n) is 5.16. The average Bonchev–Trinajstić information content (AvgIpc) is 2.93. The summed E-state index contributed by atoms with van der Waals surface area (Å²) in [4.78, 5) is 14.9. The number of rotatable bonds is 3. The molecule has 2 aliphatic rings. The molecule has 140 valence electrons. The number of carbonyl (C=O) groups is 1. The first-order chi connectivity index (χ1) is 11.8. The highest BCUT2D eigenvalue weighted by atomic mass is 32.2. The van der Waals surface area contributed by atoms with E-state index in [1.165, 1.54) is 4.31 Å². The fraction of sp³-hybridized carbons (Fsp3) is 0.750. The normalized spacial score (nSPS) is 26.0. The first-order valence-corrected chi connectivity index (χ1v) is 10.3. The van der Waals surface area contributed by atoms with Gasteiger partial charge in [0, 0.05) is 32.2 Å². The fourth-order valence-electron chi connectivity index (χ4n) is 3.88. The number of carbonyl (C=O) groups excluding carboxylic acids is 1. The molecule has 2 aliphatic heterocycles. The molecule has 2 saturated heterocycles. The molecule has 3 heterocycles. The molecule has 9 heteroatoms. The number of hydrogen-bond acceptors (Lipinski definition) is 5. The molecule has 1 amide bonds. The maximum absolute atomic E-state index is 13.0. The topological polar surface area (TPSA) is 112 Å². The van der Waals surface area contributed by atoms with E-state index in [0.717, 1.165) is 25.8 Å². The number of likely N-dealkylation sites (tertiary alicyclic amines) is 1. The number of nitrogens with two attached hydrogens (primary N) is 1. The molecule has 25 heavy (non-hydrogen) atoms. The zero-order chi connectivity index (χ0) is 18.2. The number of aryl methyl sites for hydroxylation is 2. The molecule has 2 atom stereocenters. The summed E-state index contributed by atoms with van der Waals surface area (Å²) in [7, 11) is -3.64. The van der Waals surface area contributed by atoms with Crippen molar-refractivity contribution in [2.75, 3.05) is 26.2 Å². The van der Waals surface area contributed by atoms with Crippen LogP contribution in [0.5, 0.6) is 0 Å². The van der Waals surface area contributed by atoms with Crippen molar-refractivity contribution >= 4 is 15.9 Å². The summed E-state index contributed by atoms with van der Waals surface area (Å²) in [6.45, 7) is 5.34. The second kappa shape index (κ2) is 7.05. The second-order valence-electron chi connectivity index (χ2n) is 7.15. The van der Waals surface area contributed by atoms with Gasteiger partial charge in [-0.15, -0.1) is 0 Å². The monoisotopic (exact) mass is 369 g/mol. The standard InChI is InChI=1S/C16H27N5O3S/c1-11-15(12(2)19-18-11)25(23,24)21-8-3-5-13(9-21)16(22)20-7-4-6-14(17)10-20/h13-14H,3-10,17H2,1-2H3,(H,18,19). The number of nitrogens with one attached hydrogen (secondary N) is 1. The van der Waals surface area contributed by atoms with Crippen LogP contribution in [0.2, 0.25) is 0 Å². The van der Waals surface area contributed by atoms with Crippen molar-refractivity contribution < 1.29 is 13.2 Å². The van der Waals surface area contributed by atoms with Crippen molar-refractivity contribution in [3.05, 3.63) is 11.4 Å². The van der Waals surface area contributed by atoms with Crippen molar-refractivity contribution in [1.82, 2.24) is 19.4 Å². The highest BCUT2D eigenvalue weighted by Crippen LogP contribution is 2.28. The Morgan fingerprint density at radius 2 is 1.92 bits per heavy atom. The van der Waals surface area contributed by atoms with E-state index in [9.17, 15) is 13.2 Å². The van der Waals surface area contributed by atoms with Crippen molar-refractivity contribution in [2.24, 2.45) is 11.7 Å². The van der Waals surface area contributed by atoms with Crippen LogP contribution in [0, 0.1) is 19.8 Å². The van der Waals surface area contributed by atoms with Crippen LogP contribution in [-0.4, -0.2) is 65.9 Å². The van der Waals surface area contributed by atoms with Crippen LogP contribution >= 0.6 is 0 Å². The zero-order valence-corrected chi connectivity index (χ0v) is 15.7. The third-order valence-corrected chi connectivity index (χ3v) is 7.29. The van der Waals surface area contributed by atoms with Crippen LogP contribution in [0.3, 0.4) is 0 Å². The second-order valence-corrected chi connectivity index (χ2v) is 9.03. The number of nitrogens with zero attached hydrogens (tertiary/aromatic N) is 3. The van der Waals surface area contributed by atoms with E-state index in [2.05, 4.69) is 10.2 Å². The number of aromatic amines is 1. The lowest BCUT2D eigenvalue weighted by atomic mass is 9.96. The molecule has 1 aromatic heterocycles. The molecule has 3 N–H and O–H groups in total. The maximum atomic E-state index is 13.0. The first-order valence-electron chi connectivity index (χ1n) is 8.86. The lowest BCUT2D eigenvalue weighted by Crippen LogP contribution is -2.51. The van der Waals surface area contributed by atoms with Gasteiger partial charge < -0.3 is 10.6 Å². The molecule has 0 saturated carbocycles. The molecule has 0 spiro atoms. The van der Waals surface area contributed by atoms with Crippen LogP contribution in [0.1, 0.15) is 37.1 Å². The summed E-state index contributed by atoms with van der Waals surface area (Å²) in [5.41, 5.74) is 6.98. The van der Waals surface area contributed by atoms with Gasteiger partial charge in [-0.2, -0.15) is 9.40 Å². The molecule has 3 rings (SSSR count). The number of hydrogen-bond donors (Lipinski definition) is 2. The Morgan fingerprint density at radius 3 is 2.56 bits per heavy atom. The van der Waals surface area contributed by atoms with Crippen molar-refractivity contribution in [2.45, 2.75) is 50.5 Å². The summed E-state index contributed by atoms with van der Waals surface area (Å²) in [6.07, 6.45) is 3.26. The van der Waals surface area contributed by atoms with Gasteiger partial charge in [-0.25, -0.2) is 8.42 Å². The Kier molecular flexibility index (Phi) is 5.17. The summed E-state index contributed by atoms with van der Waals surface area (Å²) in [5.74, 6) is -0.253. The molecule has 0 aliphatic carbocycles. The summed E-state index contributed by atoms with van der Waals surface area (Å²) in [6, 6.07) is 0.0253. The number of H-pyrrole nitrogens is 1. The quantitative estimate of drug-likeness (QED) is 0.800. The number of aromatic nitrogens is 2. The Labute approximate surface area is 148 Å².